The van der Waals surface area contributed by atoms with E-state index in [2.05, 4.69) is 32.9 Å². The van der Waals surface area contributed by atoms with Crippen molar-refractivity contribution in [2.24, 2.45) is 0 Å². The van der Waals surface area contributed by atoms with E-state index in [-0.39, 0.29) is 0 Å². The van der Waals surface area contributed by atoms with E-state index in [0.717, 1.165) is 16.7 Å². The van der Waals surface area contributed by atoms with E-state index in [1.54, 1.807) is 0 Å². The smallest absolute Gasteiger partial charge is 0.194 e. The average molecular weight is 320 g/mol. The number of benzene rings is 1. The molecule has 21 heavy (non-hydrogen) atoms. The van der Waals surface area contributed by atoms with Crippen LogP contribution in [0.3, 0.4) is 0 Å². The molecule has 1 nitrogen and oxygen atoms in total. The molecule has 1 aromatic carbocycles. The van der Waals surface area contributed by atoms with Crippen LogP contribution < -0.4 is 0 Å². The van der Waals surface area contributed by atoms with E-state index in [1.165, 1.54) is 44.1 Å². The summed E-state index contributed by atoms with van der Waals surface area (Å²) in [6.45, 7) is 6.26. The van der Waals surface area contributed by atoms with Crippen LogP contribution in [0, 0.1) is 20.8 Å². The molecule has 0 radical (unpaired) electrons. The van der Waals surface area contributed by atoms with Crippen molar-refractivity contribution in [3.8, 4) is 0 Å². The van der Waals surface area contributed by atoms with Crippen molar-refractivity contribution in [1.82, 2.24) is 0 Å². The van der Waals surface area contributed by atoms with Crippen molar-refractivity contribution >= 4 is 23.4 Å². The SMILES string of the molecule is Cc1cc(C)c(C(=O)P2(=S)C3CCCCC2CC3)c(C)c1. The summed E-state index contributed by atoms with van der Waals surface area (Å²) in [4.78, 5) is 13.4. The van der Waals surface area contributed by atoms with Gasteiger partial charge in [-0.1, -0.05) is 42.3 Å². The fraction of sp³-hybridized carbons (Fsp3) is 0.611. The number of carbonyl (C=O) groups excluding carboxylic acids is 1. The summed E-state index contributed by atoms with van der Waals surface area (Å²) < 4.78 is 0. The minimum absolute atomic E-state index is 0.363. The molecule has 2 bridgehead atoms. The predicted octanol–water partition coefficient (Wildman–Crippen LogP) is 5.34. The molecule has 2 atom stereocenters. The minimum atomic E-state index is -1.92. The zero-order chi connectivity index (χ0) is 15.2. The zero-order valence-electron chi connectivity index (χ0n) is 13.3. The van der Waals surface area contributed by atoms with Gasteiger partial charge in [-0.3, -0.25) is 4.79 Å². The molecule has 2 unspecified atom stereocenters. The third-order valence-corrected chi connectivity index (χ3v) is 11.8. The second-order valence-corrected chi connectivity index (χ2v) is 12.1. The highest BCUT2D eigenvalue weighted by Gasteiger charge is 2.48. The van der Waals surface area contributed by atoms with Gasteiger partial charge in [-0.25, -0.2) is 0 Å². The summed E-state index contributed by atoms with van der Waals surface area (Å²) >= 11 is 6.17. The van der Waals surface area contributed by atoms with Crippen LogP contribution in [0.4, 0.5) is 0 Å². The maximum atomic E-state index is 13.4. The van der Waals surface area contributed by atoms with Crippen LogP contribution in [-0.2, 0) is 11.8 Å². The van der Waals surface area contributed by atoms with Gasteiger partial charge in [-0.05, 0) is 68.9 Å². The van der Waals surface area contributed by atoms with Gasteiger partial charge in [0.1, 0.15) is 0 Å². The van der Waals surface area contributed by atoms with E-state index in [4.69, 9.17) is 11.8 Å². The lowest BCUT2D eigenvalue weighted by atomic mass is 10.0. The van der Waals surface area contributed by atoms with E-state index in [9.17, 15) is 4.79 Å². The molecule has 3 rings (SSSR count). The standard InChI is InChI=1S/C18H25OPS/c1-12-10-13(2)17(14(3)11-12)18(19)20(21)15-6-4-5-7-16(20)9-8-15/h10-11,15-16H,4-9H2,1-3H3. The Labute approximate surface area is 133 Å². The molecule has 0 aliphatic carbocycles. The molecule has 2 aliphatic heterocycles. The molecule has 2 fully saturated rings. The Balaban J connectivity index is 2.08. The summed E-state index contributed by atoms with van der Waals surface area (Å²) in [6.07, 6.45) is 7.36. The van der Waals surface area contributed by atoms with Gasteiger partial charge in [0, 0.05) is 11.6 Å². The molecule has 1 aromatic rings. The van der Waals surface area contributed by atoms with Gasteiger partial charge >= 0.3 is 0 Å². The molecular weight excluding hydrogens is 295 g/mol. The van der Waals surface area contributed by atoms with Gasteiger partial charge in [0.05, 0.1) is 0 Å². The molecule has 2 aliphatic rings. The monoisotopic (exact) mass is 320 g/mol. The lowest BCUT2D eigenvalue weighted by molar-refractivity contribution is 0.107. The highest BCUT2D eigenvalue weighted by molar-refractivity contribution is 8.23. The molecular formula is C18H25OPS. The molecule has 0 N–H and O–H groups in total. The summed E-state index contributed by atoms with van der Waals surface area (Å²) in [7, 11) is 0. The summed E-state index contributed by atoms with van der Waals surface area (Å²) in [5.41, 5.74) is 5.89. The fourth-order valence-electron chi connectivity index (χ4n) is 4.52. The summed E-state index contributed by atoms with van der Waals surface area (Å²) in [5, 5.41) is 0. The second kappa shape index (κ2) is 5.63. The van der Waals surface area contributed by atoms with Crippen LogP contribution in [0.2, 0.25) is 0 Å². The van der Waals surface area contributed by atoms with Crippen molar-refractivity contribution in [2.75, 3.05) is 0 Å². The van der Waals surface area contributed by atoms with Gasteiger partial charge in [0.2, 0.25) is 0 Å². The lowest BCUT2D eigenvalue weighted by Gasteiger charge is -2.27. The lowest BCUT2D eigenvalue weighted by Crippen LogP contribution is -2.16. The van der Waals surface area contributed by atoms with Crippen molar-refractivity contribution in [2.45, 2.75) is 70.6 Å². The van der Waals surface area contributed by atoms with E-state index < -0.39 is 6.04 Å². The first-order chi connectivity index (χ1) is 9.94. The highest BCUT2D eigenvalue weighted by Crippen LogP contribution is 2.69. The maximum absolute atomic E-state index is 13.4. The molecule has 3 heteroatoms. The van der Waals surface area contributed by atoms with Crippen LogP contribution >= 0.6 is 6.04 Å². The molecule has 0 saturated carbocycles. The van der Waals surface area contributed by atoms with E-state index >= 15 is 0 Å². The van der Waals surface area contributed by atoms with Crippen LogP contribution in [0.25, 0.3) is 0 Å². The molecule has 0 spiro atoms. The average Bonchev–Trinajstić information content (AvgIpc) is 2.57. The Morgan fingerprint density at radius 2 is 1.48 bits per heavy atom. The molecule has 114 valence electrons. The van der Waals surface area contributed by atoms with Crippen LogP contribution in [0.1, 0.15) is 65.6 Å². The number of hydrogen-bond acceptors (Lipinski definition) is 2. The van der Waals surface area contributed by atoms with E-state index in [1.807, 2.05) is 0 Å². The topological polar surface area (TPSA) is 17.1 Å². The van der Waals surface area contributed by atoms with Crippen molar-refractivity contribution in [3.63, 3.8) is 0 Å². The first-order valence-electron chi connectivity index (χ1n) is 8.16. The third kappa shape index (κ3) is 2.45. The Bertz CT molecular complexity index is 593. The van der Waals surface area contributed by atoms with Crippen LogP contribution in [0.5, 0.6) is 0 Å². The van der Waals surface area contributed by atoms with Crippen molar-refractivity contribution in [1.29, 1.82) is 0 Å². The van der Waals surface area contributed by atoms with E-state index in [0.29, 0.717) is 16.8 Å². The molecule has 2 saturated heterocycles. The Morgan fingerprint density at radius 1 is 1.00 bits per heavy atom. The third-order valence-electron chi connectivity index (χ3n) is 5.45. The van der Waals surface area contributed by atoms with Gasteiger partial charge in [0.15, 0.2) is 5.52 Å². The number of rotatable bonds is 2. The minimum Gasteiger partial charge on any atom is -0.288 e. The zero-order valence-corrected chi connectivity index (χ0v) is 15.0. The number of fused-ring (bicyclic) bond motifs is 2. The van der Waals surface area contributed by atoms with Gasteiger partial charge in [0.25, 0.3) is 0 Å². The largest absolute Gasteiger partial charge is 0.288 e. The number of hydrogen-bond donors (Lipinski definition) is 0. The fourth-order valence-corrected chi connectivity index (χ4v) is 10.2. The first-order valence-corrected chi connectivity index (χ1v) is 11.1. The normalized spacial score (nSPS) is 32.0. The van der Waals surface area contributed by atoms with Gasteiger partial charge in [-0.15, -0.1) is 0 Å². The Hall–Kier alpha value is -0.460. The van der Waals surface area contributed by atoms with Crippen molar-refractivity contribution in [3.05, 3.63) is 34.4 Å². The number of aryl methyl sites for hydroxylation is 3. The number of carbonyl (C=O) groups is 1. The molecule has 0 amide bonds. The quantitative estimate of drug-likeness (QED) is 0.685. The Morgan fingerprint density at radius 3 is 1.95 bits per heavy atom. The van der Waals surface area contributed by atoms with Crippen LogP contribution in [-0.4, -0.2) is 16.8 Å². The van der Waals surface area contributed by atoms with Crippen molar-refractivity contribution < 1.29 is 4.79 Å². The first kappa shape index (κ1) is 15.4. The molecule has 0 aromatic heterocycles. The maximum Gasteiger partial charge on any atom is 0.194 e. The molecule has 2 heterocycles. The van der Waals surface area contributed by atoms with Crippen LogP contribution in [0.15, 0.2) is 12.1 Å². The Kier molecular flexibility index (Phi) is 4.14. The summed E-state index contributed by atoms with van der Waals surface area (Å²) in [6, 6.07) is 2.37. The second-order valence-electron chi connectivity index (χ2n) is 6.96. The highest BCUT2D eigenvalue weighted by atomic mass is 32.4. The van der Waals surface area contributed by atoms with Gasteiger partial charge in [-0.2, -0.15) is 0 Å². The summed E-state index contributed by atoms with van der Waals surface area (Å²) in [5.74, 6) is 0. The predicted molar refractivity (Wildman–Crippen MR) is 94.5 cm³/mol. The van der Waals surface area contributed by atoms with Gasteiger partial charge < -0.3 is 0 Å².